The maximum atomic E-state index is 6.40. The van der Waals surface area contributed by atoms with Crippen LogP contribution in [0.15, 0.2) is 5.03 Å². The molecule has 1 rings (SSSR count). The zero-order valence-electron chi connectivity index (χ0n) is 3.65. The van der Waals surface area contributed by atoms with E-state index in [1.54, 1.807) is 0 Å². The predicted molar refractivity (Wildman–Crippen MR) is 25.3 cm³/mol. The summed E-state index contributed by atoms with van der Waals surface area (Å²) < 4.78 is 0. The van der Waals surface area contributed by atoms with E-state index in [2.05, 4.69) is 5.03 Å². The average molecular weight is 81.9 g/mol. The van der Waals surface area contributed by atoms with Crippen LogP contribution in [0.25, 0.3) is 0 Å². The molecule has 0 amide bonds. The third-order valence-electron chi connectivity index (χ3n) is 1.05. The number of nitrogens with one attached hydrogen (secondary N) is 1. The maximum absolute atomic E-state index is 6.40. The molecule has 0 saturated heterocycles. The first kappa shape index (κ1) is 3.84. The molecule has 0 aliphatic heterocycles. The lowest BCUT2D eigenvalue weighted by Crippen LogP contribution is -1.76. The summed E-state index contributed by atoms with van der Waals surface area (Å²) in [6.45, 7) is 0. The normalized spacial score (nSPS) is 20.0. The Kier molecular flexibility index (Phi) is 0.903. The average Bonchev–Trinajstić information content (AvgIpc) is 2.21. The second-order valence-electron chi connectivity index (χ2n) is 1.78. The Bertz CT molecular complexity index is 59.8. The van der Waals surface area contributed by atoms with Crippen LogP contribution >= 0.6 is 0 Å². The van der Waals surface area contributed by atoms with Gasteiger partial charge < -0.3 is 0 Å². The molecule has 0 aromatic carbocycles. The number of rotatable bonds is 2. The van der Waals surface area contributed by atoms with Crippen molar-refractivity contribution < 1.29 is 0 Å². The molecule has 1 fully saturated rings. The highest BCUT2D eigenvalue weighted by atomic mass is 14.9. The maximum Gasteiger partial charge on any atom is 0.293 e. The van der Waals surface area contributed by atoms with Gasteiger partial charge in [-0.2, -0.15) is 0 Å². The quantitative estimate of drug-likeness (QED) is 0.380. The van der Waals surface area contributed by atoms with Gasteiger partial charge in [0, 0.05) is 0 Å². The first-order chi connectivity index (χ1) is 2.93. The van der Waals surface area contributed by atoms with E-state index in [1.165, 1.54) is 12.8 Å². The molecular weight excluding hydrogens is 74.9 g/mol. The molecule has 0 radical (unpaired) electrons. The van der Waals surface area contributed by atoms with Crippen molar-refractivity contribution in [1.29, 1.82) is 5.53 Å². The Morgan fingerprint density at radius 2 is 2.33 bits per heavy atom. The van der Waals surface area contributed by atoms with Crippen molar-refractivity contribution in [2.75, 3.05) is 0 Å². The van der Waals surface area contributed by atoms with Gasteiger partial charge in [0.15, 0.2) is 0 Å². The molecule has 0 aromatic heterocycles. The molecule has 1 aliphatic rings. The molecule has 0 unspecified atom stereocenters. The smallest absolute Gasteiger partial charge is 0.266 e. The number of hydrogen-bond acceptors (Lipinski definition) is 2. The van der Waals surface area contributed by atoms with Crippen molar-refractivity contribution >= 4 is 7.41 Å². The topological polar surface area (TPSA) is 36.2 Å². The van der Waals surface area contributed by atoms with Gasteiger partial charge in [-0.1, -0.05) is 12.8 Å². The van der Waals surface area contributed by atoms with Gasteiger partial charge in [0.25, 0.3) is 7.41 Å². The van der Waals surface area contributed by atoms with Crippen LogP contribution < -0.4 is 0 Å². The lowest BCUT2D eigenvalue weighted by atomic mass is 9.89. The molecule has 32 valence electrons. The lowest BCUT2D eigenvalue weighted by molar-refractivity contribution is 1.20. The van der Waals surface area contributed by atoms with Crippen molar-refractivity contribution in [2.24, 2.45) is 5.03 Å². The summed E-state index contributed by atoms with van der Waals surface area (Å²) in [5.41, 5.74) is 6.40. The van der Waals surface area contributed by atoms with Crippen LogP contribution in [0.4, 0.5) is 0 Å². The van der Waals surface area contributed by atoms with Crippen LogP contribution in [0.2, 0.25) is 5.82 Å². The van der Waals surface area contributed by atoms with Crippen LogP contribution in [-0.2, 0) is 0 Å². The van der Waals surface area contributed by atoms with Crippen LogP contribution in [-0.4, -0.2) is 7.41 Å². The first-order valence-corrected chi connectivity index (χ1v) is 2.26. The summed E-state index contributed by atoms with van der Waals surface area (Å²) in [5.74, 6) is 0.794. The number of hydrogen-bond donors (Lipinski definition) is 1. The third kappa shape index (κ3) is 0.811. The van der Waals surface area contributed by atoms with Gasteiger partial charge in [0.2, 0.25) is 0 Å². The molecule has 0 aromatic rings. The van der Waals surface area contributed by atoms with Crippen molar-refractivity contribution in [3.05, 3.63) is 0 Å². The Labute approximate surface area is 37.7 Å². The molecule has 0 spiro atoms. The Morgan fingerprint density at radius 1 is 1.67 bits per heavy atom. The van der Waals surface area contributed by atoms with Crippen molar-refractivity contribution in [1.82, 2.24) is 0 Å². The van der Waals surface area contributed by atoms with E-state index >= 15 is 0 Å². The van der Waals surface area contributed by atoms with Gasteiger partial charge in [-0.15, -0.1) is 0 Å². The summed E-state index contributed by atoms with van der Waals surface area (Å²) >= 11 is 0. The van der Waals surface area contributed by atoms with Gasteiger partial charge in [0.1, 0.15) is 0 Å². The molecule has 1 N–H and O–H groups in total. The molecule has 6 heavy (non-hydrogen) atoms. The van der Waals surface area contributed by atoms with E-state index in [1.807, 2.05) is 0 Å². The van der Waals surface area contributed by atoms with E-state index in [4.69, 9.17) is 5.53 Å². The zero-order valence-corrected chi connectivity index (χ0v) is 3.65. The second-order valence-corrected chi connectivity index (χ2v) is 1.78. The fourth-order valence-corrected chi connectivity index (χ4v) is 0.430. The molecule has 1 saturated carbocycles. The zero-order chi connectivity index (χ0) is 4.41. The molecule has 1 aliphatic carbocycles. The summed E-state index contributed by atoms with van der Waals surface area (Å²) in [4.78, 5) is 0. The lowest BCUT2D eigenvalue weighted by Gasteiger charge is -1.71. The second kappa shape index (κ2) is 1.41. The van der Waals surface area contributed by atoms with Gasteiger partial charge in [-0.25, -0.2) is 5.53 Å². The molecule has 0 atom stereocenters. The van der Waals surface area contributed by atoms with Crippen molar-refractivity contribution in [3.63, 3.8) is 0 Å². The molecule has 0 heterocycles. The molecule has 3 heteroatoms. The van der Waals surface area contributed by atoms with Gasteiger partial charge >= 0.3 is 0 Å². The third-order valence-corrected chi connectivity index (χ3v) is 1.05. The van der Waals surface area contributed by atoms with E-state index in [9.17, 15) is 0 Å². The summed E-state index contributed by atoms with van der Waals surface area (Å²) in [6, 6.07) is 0. The predicted octanol–water partition coefficient (Wildman–Crippen LogP) is 0.951. The van der Waals surface area contributed by atoms with E-state index in [0.717, 1.165) is 13.2 Å². The van der Waals surface area contributed by atoms with Crippen LogP contribution in [0.5, 0.6) is 0 Å². The minimum atomic E-state index is 0.778. The van der Waals surface area contributed by atoms with Gasteiger partial charge in [-0.05, 0) is 5.82 Å². The Balaban J connectivity index is 2.00. The molecule has 2 nitrogen and oxygen atoms in total. The highest BCUT2D eigenvalue weighted by Crippen LogP contribution is 2.34. The fraction of sp³-hybridized carbons (Fsp3) is 1.00. The molecular formula is C3H7BN2. The Morgan fingerprint density at radius 3 is 2.50 bits per heavy atom. The van der Waals surface area contributed by atoms with E-state index < -0.39 is 0 Å². The van der Waals surface area contributed by atoms with Crippen molar-refractivity contribution in [2.45, 2.75) is 18.7 Å². The monoisotopic (exact) mass is 82.1 g/mol. The van der Waals surface area contributed by atoms with E-state index in [-0.39, 0.29) is 0 Å². The summed E-state index contributed by atoms with van der Waals surface area (Å²) in [7, 11) is 0.778. The van der Waals surface area contributed by atoms with E-state index in [0.29, 0.717) is 0 Å². The summed E-state index contributed by atoms with van der Waals surface area (Å²) in [6.07, 6.45) is 2.62. The molecule has 0 bridgehead atoms. The Hall–Kier alpha value is -0.335. The van der Waals surface area contributed by atoms with Gasteiger partial charge in [0.05, 0.1) is 0 Å². The number of nitrogens with zero attached hydrogens (tertiary/aromatic N) is 1. The van der Waals surface area contributed by atoms with Gasteiger partial charge in [-0.3, -0.25) is 5.03 Å². The SMILES string of the molecule is N=NBC1CC1. The largest absolute Gasteiger partial charge is 0.293 e. The highest BCUT2D eigenvalue weighted by molar-refractivity contribution is 6.35. The highest BCUT2D eigenvalue weighted by Gasteiger charge is 2.21. The fourth-order valence-electron chi connectivity index (χ4n) is 0.430. The minimum absolute atomic E-state index is 0.778. The van der Waals surface area contributed by atoms with Crippen LogP contribution in [0.3, 0.4) is 0 Å². The van der Waals surface area contributed by atoms with Crippen LogP contribution in [0, 0.1) is 5.53 Å². The minimum Gasteiger partial charge on any atom is -0.266 e. The van der Waals surface area contributed by atoms with Crippen molar-refractivity contribution in [3.8, 4) is 0 Å². The summed E-state index contributed by atoms with van der Waals surface area (Å²) in [5, 5.41) is 3.25. The first-order valence-electron chi connectivity index (χ1n) is 2.26. The van der Waals surface area contributed by atoms with Crippen LogP contribution in [0.1, 0.15) is 12.8 Å². The standard InChI is InChI=1S/C3H7BN2/c5-6-4-3-1-2-3/h3-5H,1-2H2.